The molecule has 5 nitrogen and oxygen atoms in total. The number of nitrogens with one attached hydrogen (secondary N) is 1. The topological polar surface area (TPSA) is 58.6 Å². The molecule has 6 heteroatoms. The number of rotatable bonds is 12. The third-order valence-corrected chi connectivity index (χ3v) is 6.48. The first kappa shape index (κ1) is 25.8. The smallest absolute Gasteiger partial charge is 0.243 e. The van der Waals surface area contributed by atoms with Gasteiger partial charge in [-0.3, -0.25) is 9.59 Å². The van der Waals surface area contributed by atoms with Crippen molar-refractivity contribution in [2.45, 2.75) is 64.9 Å². The molecular formula is C26H36N2O3S. The molecular weight excluding hydrogens is 420 g/mol. The third kappa shape index (κ3) is 7.90. The van der Waals surface area contributed by atoms with Crippen molar-refractivity contribution in [3.63, 3.8) is 0 Å². The van der Waals surface area contributed by atoms with Crippen LogP contribution in [0.2, 0.25) is 0 Å². The van der Waals surface area contributed by atoms with Gasteiger partial charge >= 0.3 is 0 Å². The van der Waals surface area contributed by atoms with Crippen molar-refractivity contribution in [1.29, 1.82) is 0 Å². The van der Waals surface area contributed by atoms with E-state index < -0.39 is 6.04 Å². The molecule has 1 N–H and O–H groups in total. The number of carbonyl (C=O) groups excluding carboxylic acids is 2. The van der Waals surface area contributed by atoms with Crippen molar-refractivity contribution >= 4 is 23.6 Å². The molecule has 2 atom stereocenters. The van der Waals surface area contributed by atoms with Crippen LogP contribution < -0.4 is 10.1 Å². The highest BCUT2D eigenvalue weighted by Crippen LogP contribution is 2.20. The van der Waals surface area contributed by atoms with E-state index in [-0.39, 0.29) is 17.9 Å². The Bertz CT molecular complexity index is 870. The number of amides is 2. The van der Waals surface area contributed by atoms with Crippen LogP contribution in [0.15, 0.2) is 48.5 Å². The maximum absolute atomic E-state index is 13.3. The van der Waals surface area contributed by atoms with Crippen molar-refractivity contribution in [2.24, 2.45) is 0 Å². The Morgan fingerprint density at radius 1 is 1.06 bits per heavy atom. The second-order valence-corrected chi connectivity index (χ2v) is 9.08. The number of carbonyl (C=O) groups is 2. The van der Waals surface area contributed by atoms with Gasteiger partial charge < -0.3 is 15.0 Å². The Balaban J connectivity index is 2.15. The molecule has 32 heavy (non-hydrogen) atoms. The third-order valence-electron chi connectivity index (χ3n) is 5.49. The van der Waals surface area contributed by atoms with Crippen molar-refractivity contribution in [2.75, 3.05) is 12.9 Å². The summed E-state index contributed by atoms with van der Waals surface area (Å²) in [5.74, 6) is 1.69. The molecule has 0 aliphatic rings. The molecule has 0 radical (unpaired) electrons. The lowest BCUT2D eigenvalue weighted by molar-refractivity contribution is -0.139. The number of methoxy groups -OCH3 is 1. The number of ether oxygens (including phenoxy) is 1. The molecule has 0 bridgehead atoms. The lowest BCUT2D eigenvalue weighted by atomic mass is 10.1. The zero-order chi connectivity index (χ0) is 23.5. The van der Waals surface area contributed by atoms with Crippen LogP contribution in [0.5, 0.6) is 5.75 Å². The van der Waals surface area contributed by atoms with E-state index in [0.29, 0.717) is 18.7 Å². The molecule has 0 spiro atoms. The summed E-state index contributed by atoms with van der Waals surface area (Å²) in [5.41, 5.74) is 3.35. The summed E-state index contributed by atoms with van der Waals surface area (Å²) in [6.07, 6.45) is 1.40. The Hall–Kier alpha value is -2.47. The summed E-state index contributed by atoms with van der Waals surface area (Å²) in [6.45, 7) is 8.40. The quantitative estimate of drug-likeness (QED) is 0.490. The highest BCUT2D eigenvalue weighted by molar-refractivity contribution is 7.99. The van der Waals surface area contributed by atoms with Gasteiger partial charge in [0.1, 0.15) is 11.8 Å². The van der Waals surface area contributed by atoms with Crippen LogP contribution in [0, 0.1) is 6.92 Å². The molecule has 0 fully saturated rings. The fourth-order valence-electron chi connectivity index (χ4n) is 3.35. The molecule has 0 aromatic heterocycles. The largest absolute Gasteiger partial charge is 0.497 e. The molecule has 0 unspecified atom stereocenters. The van der Waals surface area contributed by atoms with Gasteiger partial charge in [0.25, 0.3) is 0 Å². The van der Waals surface area contributed by atoms with E-state index >= 15 is 0 Å². The van der Waals surface area contributed by atoms with Gasteiger partial charge in [-0.25, -0.2) is 0 Å². The fraction of sp³-hybridized carbons (Fsp3) is 0.462. The van der Waals surface area contributed by atoms with E-state index in [1.165, 1.54) is 11.1 Å². The molecule has 2 amide bonds. The summed E-state index contributed by atoms with van der Waals surface area (Å²) < 4.78 is 5.33. The molecule has 2 aromatic carbocycles. The Morgan fingerprint density at radius 3 is 2.41 bits per heavy atom. The van der Waals surface area contributed by atoms with Crippen LogP contribution in [0.1, 0.15) is 50.3 Å². The van der Waals surface area contributed by atoms with Gasteiger partial charge in [0.15, 0.2) is 0 Å². The number of hydrogen-bond acceptors (Lipinski definition) is 4. The maximum Gasteiger partial charge on any atom is 0.243 e. The Morgan fingerprint density at radius 2 is 1.78 bits per heavy atom. The predicted molar refractivity (Wildman–Crippen MR) is 133 cm³/mol. The second kappa shape index (κ2) is 13.2. The minimum Gasteiger partial charge on any atom is -0.497 e. The summed E-state index contributed by atoms with van der Waals surface area (Å²) in [7, 11) is 1.62. The van der Waals surface area contributed by atoms with Gasteiger partial charge in [-0.1, -0.05) is 55.8 Å². The molecule has 0 heterocycles. The van der Waals surface area contributed by atoms with Crippen LogP contribution >= 0.6 is 11.8 Å². The van der Waals surface area contributed by atoms with Crippen molar-refractivity contribution in [3.8, 4) is 5.75 Å². The lowest BCUT2D eigenvalue weighted by Crippen LogP contribution is -2.51. The first-order valence-electron chi connectivity index (χ1n) is 11.2. The monoisotopic (exact) mass is 456 g/mol. The van der Waals surface area contributed by atoms with E-state index in [0.717, 1.165) is 23.5 Å². The minimum atomic E-state index is -0.511. The number of hydrogen-bond donors (Lipinski definition) is 1. The maximum atomic E-state index is 13.3. The SMILES string of the molecule is CC[C@H](C(=O)N[C@@H](C)CC)N(Cc1cccc(OC)c1)C(=O)CSCc1ccc(C)cc1. The van der Waals surface area contributed by atoms with E-state index in [2.05, 4.69) is 36.5 Å². The van der Waals surface area contributed by atoms with Crippen molar-refractivity contribution < 1.29 is 14.3 Å². The van der Waals surface area contributed by atoms with E-state index in [9.17, 15) is 9.59 Å². The zero-order valence-corrected chi connectivity index (χ0v) is 20.7. The molecule has 2 rings (SSSR count). The van der Waals surface area contributed by atoms with Gasteiger partial charge in [0.05, 0.1) is 12.9 Å². The van der Waals surface area contributed by atoms with E-state index in [4.69, 9.17) is 4.74 Å². The van der Waals surface area contributed by atoms with Crippen molar-refractivity contribution in [3.05, 3.63) is 65.2 Å². The van der Waals surface area contributed by atoms with Crippen LogP contribution in [0.3, 0.4) is 0 Å². The summed E-state index contributed by atoms with van der Waals surface area (Å²) in [5, 5.41) is 3.05. The second-order valence-electron chi connectivity index (χ2n) is 8.09. The minimum absolute atomic E-state index is 0.0314. The average molecular weight is 457 g/mol. The predicted octanol–water partition coefficient (Wildman–Crippen LogP) is 4.96. The molecule has 0 saturated carbocycles. The molecule has 0 aliphatic heterocycles. The van der Waals surface area contributed by atoms with E-state index in [1.807, 2.05) is 45.0 Å². The number of thioether (sulfide) groups is 1. The van der Waals surface area contributed by atoms with Gasteiger partial charge in [0.2, 0.25) is 11.8 Å². The summed E-state index contributed by atoms with van der Waals surface area (Å²) in [4.78, 5) is 28.0. The number of benzene rings is 2. The number of nitrogens with zero attached hydrogens (tertiary/aromatic N) is 1. The highest BCUT2D eigenvalue weighted by atomic mass is 32.2. The Kier molecular flexibility index (Phi) is 10.6. The average Bonchev–Trinajstić information content (AvgIpc) is 2.80. The standard InChI is InChI=1S/C26H36N2O3S/c1-6-20(4)27-26(30)24(7-2)28(16-22-9-8-10-23(15-22)31-5)25(29)18-32-17-21-13-11-19(3)12-14-21/h8-15,20,24H,6-7,16-18H2,1-5H3,(H,27,30)/t20-,24+/m0/s1. The zero-order valence-electron chi connectivity index (χ0n) is 19.9. The van der Waals surface area contributed by atoms with Gasteiger partial charge in [-0.15, -0.1) is 11.8 Å². The van der Waals surface area contributed by atoms with E-state index in [1.54, 1.807) is 23.8 Å². The first-order chi connectivity index (χ1) is 15.4. The van der Waals surface area contributed by atoms with Crippen LogP contribution in [-0.2, 0) is 21.9 Å². The molecule has 174 valence electrons. The van der Waals surface area contributed by atoms with Crippen LogP contribution in [0.4, 0.5) is 0 Å². The van der Waals surface area contributed by atoms with Gasteiger partial charge in [-0.05, 0) is 49.9 Å². The lowest BCUT2D eigenvalue weighted by Gasteiger charge is -2.31. The number of aryl methyl sites for hydroxylation is 1. The highest BCUT2D eigenvalue weighted by Gasteiger charge is 2.29. The summed E-state index contributed by atoms with van der Waals surface area (Å²) >= 11 is 1.58. The normalized spacial score (nSPS) is 12.7. The van der Waals surface area contributed by atoms with Crippen LogP contribution in [-0.4, -0.2) is 41.7 Å². The fourth-order valence-corrected chi connectivity index (χ4v) is 4.22. The first-order valence-corrected chi connectivity index (χ1v) is 12.4. The Labute approximate surface area is 196 Å². The van der Waals surface area contributed by atoms with Gasteiger partial charge in [0, 0.05) is 18.3 Å². The van der Waals surface area contributed by atoms with Gasteiger partial charge in [-0.2, -0.15) is 0 Å². The molecule has 0 saturated heterocycles. The molecule has 0 aliphatic carbocycles. The van der Waals surface area contributed by atoms with Crippen molar-refractivity contribution in [1.82, 2.24) is 10.2 Å². The summed E-state index contributed by atoms with van der Waals surface area (Å²) in [6, 6.07) is 15.6. The molecule has 2 aromatic rings. The van der Waals surface area contributed by atoms with Crippen LogP contribution in [0.25, 0.3) is 0 Å².